The van der Waals surface area contributed by atoms with E-state index in [0.29, 0.717) is 0 Å². The Bertz CT molecular complexity index is 1120. The molecule has 3 heteroatoms. The summed E-state index contributed by atoms with van der Waals surface area (Å²) in [6.45, 7) is 0. The van der Waals surface area contributed by atoms with Gasteiger partial charge in [-0.3, -0.25) is 9.55 Å². The zero-order valence-corrected chi connectivity index (χ0v) is 12.3. The van der Waals surface area contributed by atoms with Crippen LogP contribution in [0.4, 0.5) is 0 Å². The van der Waals surface area contributed by atoms with Crippen molar-refractivity contribution in [2.24, 2.45) is 0 Å². The molecule has 0 saturated carbocycles. The van der Waals surface area contributed by atoms with E-state index in [-0.39, 0.29) is 0 Å². The molecular weight excluding hydrogens is 282 g/mol. The van der Waals surface area contributed by atoms with E-state index < -0.39 is 0 Å². The number of benzene rings is 3. The van der Waals surface area contributed by atoms with Gasteiger partial charge < -0.3 is 0 Å². The molecule has 0 aliphatic heterocycles. The molecule has 0 spiro atoms. The van der Waals surface area contributed by atoms with E-state index in [2.05, 4.69) is 58.1 Å². The van der Waals surface area contributed by atoms with Crippen molar-refractivity contribution in [3.05, 3.63) is 79.0 Å². The Morgan fingerprint density at radius 1 is 0.609 bits per heavy atom. The van der Waals surface area contributed by atoms with E-state index in [4.69, 9.17) is 4.98 Å². The van der Waals surface area contributed by atoms with E-state index in [1.807, 2.05) is 30.5 Å². The summed E-state index contributed by atoms with van der Waals surface area (Å²) in [5, 5.41) is 2.47. The van der Waals surface area contributed by atoms with Gasteiger partial charge >= 0.3 is 0 Å². The average molecular weight is 295 g/mol. The topological polar surface area (TPSA) is 30.7 Å². The lowest BCUT2D eigenvalue weighted by Crippen LogP contribution is -1.98. The molecular formula is C20H13N3. The standard InChI is InChI=1S/C20H13N3/c1-5-11-18-14(7-1)15-8-2-6-12-19(15)23(18)20-13-21-16-9-3-4-10-17(16)22-20/h1-13H. The Morgan fingerprint density at radius 3 is 1.87 bits per heavy atom. The van der Waals surface area contributed by atoms with Gasteiger partial charge in [-0.05, 0) is 24.3 Å². The van der Waals surface area contributed by atoms with Crippen molar-refractivity contribution in [1.29, 1.82) is 0 Å². The SMILES string of the molecule is c1ccc2nc(-n3c4ccccc4c4ccccc43)cnc2c1. The monoisotopic (exact) mass is 295 g/mol. The van der Waals surface area contributed by atoms with Crippen LogP contribution < -0.4 is 0 Å². The summed E-state index contributed by atoms with van der Waals surface area (Å²) in [5.74, 6) is 0.848. The van der Waals surface area contributed by atoms with E-state index in [9.17, 15) is 0 Å². The number of para-hydroxylation sites is 4. The van der Waals surface area contributed by atoms with E-state index in [1.54, 1.807) is 0 Å². The van der Waals surface area contributed by atoms with Gasteiger partial charge in [-0.1, -0.05) is 48.5 Å². The molecule has 5 aromatic rings. The highest BCUT2D eigenvalue weighted by molar-refractivity contribution is 6.09. The van der Waals surface area contributed by atoms with Gasteiger partial charge in [0.25, 0.3) is 0 Å². The molecule has 2 heterocycles. The van der Waals surface area contributed by atoms with Crippen molar-refractivity contribution < 1.29 is 0 Å². The molecule has 0 amide bonds. The number of fused-ring (bicyclic) bond motifs is 4. The van der Waals surface area contributed by atoms with Crippen molar-refractivity contribution in [3.63, 3.8) is 0 Å². The molecule has 0 atom stereocenters. The quantitative estimate of drug-likeness (QED) is 0.448. The van der Waals surface area contributed by atoms with E-state index in [1.165, 1.54) is 10.8 Å². The van der Waals surface area contributed by atoms with E-state index in [0.717, 1.165) is 27.9 Å². The number of hydrogen-bond donors (Lipinski definition) is 0. The van der Waals surface area contributed by atoms with Crippen LogP contribution in [-0.2, 0) is 0 Å². The zero-order valence-electron chi connectivity index (χ0n) is 12.3. The van der Waals surface area contributed by atoms with Crippen LogP contribution in [0.15, 0.2) is 79.0 Å². The zero-order chi connectivity index (χ0) is 15.2. The summed E-state index contributed by atoms with van der Waals surface area (Å²) in [5.41, 5.74) is 4.13. The Kier molecular flexibility index (Phi) is 2.50. The summed E-state index contributed by atoms with van der Waals surface area (Å²) in [4.78, 5) is 9.39. The van der Waals surface area contributed by atoms with Crippen molar-refractivity contribution in [2.45, 2.75) is 0 Å². The van der Waals surface area contributed by atoms with Crippen molar-refractivity contribution in [1.82, 2.24) is 14.5 Å². The maximum absolute atomic E-state index is 4.82. The van der Waals surface area contributed by atoms with Gasteiger partial charge in [0.15, 0.2) is 5.82 Å². The molecule has 23 heavy (non-hydrogen) atoms. The molecule has 0 aliphatic rings. The van der Waals surface area contributed by atoms with Gasteiger partial charge in [-0.25, -0.2) is 4.98 Å². The maximum atomic E-state index is 4.82. The van der Waals surface area contributed by atoms with Crippen LogP contribution in [0.1, 0.15) is 0 Å². The average Bonchev–Trinajstić information content (AvgIpc) is 2.96. The Morgan fingerprint density at radius 2 is 1.17 bits per heavy atom. The molecule has 3 aromatic carbocycles. The summed E-state index contributed by atoms with van der Waals surface area (Å²) >= 11 is 0. The predicted octanol–water partition coefficient (Wildman–Crippen LogP) is 4.73. The second kappa shape index (κ2) is 4.65. The molecule has 5 rings (SSSR count). The first kappa shape index (κ1) is 12.4. The minimum atomic E-state index is 0.848. The third-order valence-electron chi connectivity index (χ3n) is 4.25. The van der Waals surface area contributed by atoms with Gasteiger partial charge in [0.05, 0.1) is 28.3 Å². The highest BCUT2D eigenvalue weighted by Crippen LogP contribution is 2.31. The fourth-order valence-corrected chi connectivity index (χ4v) is 3.22. The maximum Gasteiger partial charge on any atom is 0.156 e. The van der Waals surface area contributed by atoms with Gasteiger partial charge in [0.2, 0.25) is 0 Å². The van der Waals surface area contributed by atoms with Gasteiger partial charge in [-0.15, -0.1) is 0 Å². The Labute approximate surface area is 132 Å². The van der Waals surface area contributed by atoms with Gasteiger partial charge in [0.1, 0.15) is 0 Å². The predicted molar refractivity (Wildman–Crippen MR) is 93.9 cm³/mol. The fourth-order valence-electron chi connectivity index (χ4n) is 3.22. The van der Waals surface area contributed by atoms with Crippen molar-refractivity contribution in [3.8, 4) is 5.82 Å². The fraction of sp³-hybridized carbons (Fsp3) is 0. The van der Waals surface area contributed by atoms with Crippen molar-refractivity contribution >= 4 is 32.8 Å². The lowest BCUT2D eigenvalue weighted by atomic mass is 10.2. The van der Waals surface area contributed by atoms with Gasteiger partial charge in [0, 0.05) is 10.8 Å². The van der Waals surface area contributed by atoms with Crippen LogP contribution in [0.2, 0.25) is 0 Å². The van der Waals surface area contributed by atoms with Gasteiger partial charge in [-0.2, -0.15) is 0 Å². The lowest BCUT2D eigenvalue weighted by Gasteiger charge is -2.07. The minimum Gasteiger partial charge on any atom is -0.292 e. The molecule has 0 saturated heterocycles. The minimum absolute atomic E-state index is 0.848. The first-order valence-electron chi connectivity index (χ1n) is 7.62. The first-order chi connectivity index (χ1) is 11.4. The molecule has 0 aliphatic carbocycles. The summed E-state index contributed by atoms with van der Waals surface area (Å²) in [6.07, 6.45) is 1.85. The van der Waals surface area contributed by atoms with Crippen LogP contribution in [-0.4, -0.2) is 14.5 Å². The van der Waals surface area contributed by atoms with Crippen LogP contribution in [0.25, 0.3) is 38.7 Å². The number of nitrogens with zero attached hydrogens (tertiary/aromatic N) is 3. The molecule has 2 aromatic heterocycles. The third-order valence-corrected chi connectivity index (χ3v) is 4.25. The first-order valence-corrected chi connectivity index (χ1v) is 7.62. The summed E-state index contributed by atoms with van der Waals surface area (Å²) < 4.78 is 2.18. The highest BCUT2D eigenvalue weighted by atomic mass is 15.1. The molecule has 0 N–H and O–H groups in total. The largest absolute Gasteiger partial charge is 0.292 e. The summed E-state index contributed by atoms with van der Waals surface area (Å²) in [7, 11) is 0. The molecule has 0 bridgehead atoms. The second-order valence-corrected chi connectivity index (χ2v) is 5.59. The van der Waals surface area contributed by atoms with Crippen LogP contribution in [0.5, 0.6) is 0 Å². The lowest BCUT2D eigenvalue weighted by molar-refractivity contribution is 1.07. The highest BCUT2D eigenvalue weighted by Gasteiger charge is 2.12. The Hall–Kier alpha value is -3.20. The number of rotatable bonds is 1. The molecule has 3 nitrogen and oxygen atoms in total. The Balaban J connectivity index is 1.93. The number of aromatic nitrogens is 3. The third kappa shape index (κ3) is 1.77. The van der Waals surface area contributed by atoms with Crippen LogP contribution >= 0.6 is 0 Å². The second-order valence-electron chi connectivity index (χ2n) is 5.59. The smallest absolute Gasteiger partial charge is 0.156 e. The van der Waals surface area contributed by atoms with E-state index >= 15 is 0 Å². The van der Waals surface area contributed by atoms with Crippen molar-refractivity contribution in [2.75, 3.05) is 0 Å². The van der Waals surface area contributed by atoms with Crippen LogP contribution in [0.3, 0.4) is 0 Å². The molecule has 0 radical (unpaired) electrons. The summed E-state index contributed by atoms with van der Waals surface area (Å²) in [6, 6.07) is 24.8. The molecule has 0 unspecified atom stereocenters. The molecule has 108 valence electrons. The number of hydrogen-bond acceptors (Lipinski definition) is 2. The molecule has 0 fully saturated rings. The normalized spacial score (nSPS) is 11.5. The van der Waals surface area contributed by atoms with Crippen LogP contribution in [0, 0.1) is 0 Å².